The first-order chi connectivity index (χ1) is 12.2. The van der Waals surface area contributed by atoms with E-state index < -0.39 is 41.4 Å². The van der Waals surface area contributed by atoms with Crippen molar-refractivity contribution in [3.8, 4) is 0 Å². The van der Waals surface area contributed by atoms with Crippen molar-refractivity contribution in [2.24, 2.45) is 0 Å². The fraction of sp³-hybridized carbons (Fsp3) is 0.556. The van der Waals surface area contributed by atoms with Crippen molar-refractivity contribution in [2.45, 2.75) is 63.8 Å². The Kier molecular flexibility index (Phi) is 7.65. The number of alkyl halides is 3. The van der Waals surface area contributed by atoms with Crippen LogP contribution >= 0.6 is 6.04 Å². The molecule has 27 heavy (non-hydrogen) atoms. The molecule has 0 aliphatic heterocycles. The zero-order valence-electron chi connectivity index (χ0n) is 15.9. The van der Waals surface area contributed by atoms with Gasteiger partial charge in [-0.05, 0) is 35.1 Å². The van der Waals surface area contributed by atoms with Crippen molar-refractivity contribution >= 4 is 29.7 Å². The Balaban J connectivity index is 3.65. The molecule has 1 aromatic carbocycles. The average Bonchev–Trinajstić information content (AvgIpc) is 2.52. The Hall–Kier alpha value is -1.40. The van der Waals surface area contributed by atoms with Gasteiger partial charge in [0.25, 0.3) is 0 Å². The number of carboxylic acids is 1. The molecule has 152 valence electrons. The highest BCUT2D eigenvalue weighted by Crippen LogP contribution is 2.67. The van der Waals surface area contributed by atoms with Gasteiger partial charge in [0.15, 0.2) is 0 Å². The number of carboxylic acid groups (broad SMARTS) is 1. The summed E-state index contributed by atoms with van der Waals surface area (Å²) in [6, 6.07) is 0.630. The highest BCUT2D eigenvalue weighted by Gasteiger charge is 2.44. The topological polar surface area (TPSA) is 66.4 Å². The van der Waals surface area contributed by atoms with Crippen molar-refractivity contribution in [3.05, 3.63) is 35.4 Å². The second-order valence-corrected chi connectivity index (χ2v) is 13.1. The summed E-state index contributed by atoms with van der Waals surface area (Å²) >= 11 is 5.98. The number of halogens is 3. The zero-order chi connectivity index (χ0) is 21.2. The summed E-state index contributed by atoms with van der Waals surface area (Å²) in [5.41, 5.74) is -1.32. The van der Waals surface area contributed by atoms with E-state index in [0.717, 1.165) is 12.1 Å². The molecule has 1 rings (SSSR count). The van der Waals surface area contributed by atoms with Crippen LogP contribution in [0.25, 0.3) is 0 Å². The van der Waals surface area contributed by atoms with Crippen LogP contribution in [0.3, 0.4) is 0 Å². The minimum Gasteiger partial charge on any atom is -0.480 e. The average molecular weight is 423 g/mol. The van der Waals surface area contributed by atoms with Gasteiger partial charge in [0.2, 0.25) is 5.91 Å². The lowest BCUT2D eigenvalue weighted by atomic mass is 10.0. The van der Waals surface area contributed by atoms with Crippen molar-refractivity contribution in [1.82, 2.24) is 5.32 Å². The molecule has 0 saturated carbocycles. The Labute approximate surface area is 162 Å². The molecule has 0 saturated heterocycles. The van der Waals surface area contributed by atoms with Crippen LogP contribution in [0, 0.1) is 0 Å². The summed E-state index contributed by atoms with van der Waals surface area (Å²) in [6.45, 7) is 8.78. The molecule has 1 amide bonds. The molecule has 0 aliphatic rings. The molecule has 0 aromatic heterocycles. The van der Waals surface area contributed by atoms with E-state index in [0.29, 0.717) is 5.56 Å². The third kappa shape index (κ3) is 5.32. The Morgan fingerprint density at radius 3 is 1.81 bits per heavy atom. The monoisotopic (exact) mass is 423 g/mol. The first kappa shape index (κ1) is 23.6. The number of hydrogen-bond acceptors (Lipinski definition) is 3. The number of aliphatic carboxylic acids is 1. The lowest BCUT2D eigenvalue weighted by Gasteiger charge is -2.41. The number of hydrogen-bond donors (Lipinski definition) is 2. The number of benzene rings is 1. The van der Waals surface area contributed by atoms with Crippen LogP contribution in [-0.4, -0.2) is 34.3 Å². The third-order valence-corrected chi connectivity index (χ3v) is 12.5. The maximum atomic E-state index is 12.9. The van der Waals surface area contributed by atoms with E-state index in [9.17, 15) is 27.9 Å². The molecular weight excluding hydrogens is 398 g/mol. The Morgan fingerprint density at radius 2 is 1.52 bits per heavy atom. The van der Waals surface area contributed by atoms with Crippen LogP contribution < -0.4 is 5.32 Å². The molecule has 2 atom stereocenters. The molecule has 2 unspecified atom stereocenters. The fourth-order valence-electron chi connectivity index (χ4n) is 3.26. The van der Waals surface area contributed by atoms with Gasteiger partial charge < -0.3 is 10.4 Å². The van der Waals surface area contributed by atoms with Crippen LogP contribution in [0.15, 0.2) is 24.3 Å². The molecular formula is C18H25F3NO3PS. The molecule has 0 aliphatic carbocycles. The van der Waals surface area contributed by atoms with Crippen LogP contribution in [0.4, 0.5) is 13.2 Å². The summed E-state index contributed by atoms with van der Waals surface area (Å²) in [5.74, 6) is -1.79. The van der Waals surface area contributed by atoms with E-state index in [1.165, 1.54) is 19.1 Å². The first-order valence-corrected chi connectivity index (χ1v) is 11.5. The third-order valence-electron chi connectivity index (χ3n) is 4.57. The second kappa shape index (κ2) is 8.74. The van der Waals surface area contributed by atoms with E-state index in [-0.39, 0.29) is 11.3 Å². The molecule has 0 fully saturated rings. The molecule has 2 N–H and O–H groups in total. The van der Waals surface area contributed by atoms with Gasteiger partial charge in [-0.2, -0.15) is 13.2 Å². The van der Waals surface area contributed by atoms with Crippen molar-refractivity contribution in [3.63, 3.8) is 0 Å². The largest absolute Gasteiger partial charge is 0.480 e. The maximum Gasteiger partial charge on any atom is 0.416 e. The molecule has 4 nitrogen and oxygen atoms in total. The Morgan fingerprint density at radius 1 is 1.07 bits per heavy atom. The molecule has 0 spiro atoms. The van der Waals surface area contributed by atoms with Crippen LogP contribution in [-0.2, 0) is 27.6 Å². The standard InChI is InChI=1S/C18H25F3NO3PS/c1-10(2)26(27,11(3)4)16(15(17(24)25)22-12(5)23)13-6-8-14(9-7-13)18(19,20)21/h6-11,15-16H,1-5H3,(H,22,23)(H,24,25). The minimum absolute atomic E-state index is 0.0598. The molecule has 0 bridgehead atoms. The van der Waals surface area contributed by atoms with Crippen molar-refractivity contribution < 1.29 is 27.9 Å². The molecule has 0 radical (unpaired) electrons. The van der Waals surface area contributed by atoms with Gasteiger partial charge in [0.1, 0.15) is 6.04 Å². The highest BCUT2D eigenvalue weighted by molar-refractivity contribution is 8.15. The lowest BCUT2D eigenvalue weighted by Crippen LogP contribution is -2.45. The van der Waals surface area contributed by atoms with E-state index in [4.69, 9.17) is 11.8 Å². The predicted molar refractivity (Wildman–Crippen MR) is 104 cm³/mol. The Bertz CT molecular complexity index is 720. The summed E-state index contributed by atoms with van der Waals surface area (Å²) in [5, 5.41) is 12.2. The van der Waals surface area contributed by atoms with Gasteiger partial charge in [-0.3, -0.25) is 4.79 Å². The van der Waals surface area contributed by atoms with Crippen molar-refractivity contribution in [1.29, 1.82) is 0 Å². The number of rotatable bonds is 7. The van der Waals surface area contributed by atoms with Crippen LogP contribution in [0.2, 0.25) is 0 Å². The fourth-order valence-corrected chi connectivity index (χ4v) is 7.77. The summed E-state index contributed by atoms with van der Waals surface area (Å²) in [4.78, 5) is 23.5. The summed E-state index contributed by atoms with van der Waals surface area (Å²) in [6.07, 6.45) is -4.49. The number of amides is 1. The summed E-state index contributed by atoms with van der Waals surface area (Å²) in [7, 11) is 0. The lowest BCUT2D eigenvalue weighted by molar-refractivity contribution is -0.141. The number of carbonyl (C=O) groups excluding carboxylic acids is 1. The predicted octanol–water partition coefficient (Wildman–Crippen LogP) is 4.63. The van der Waals surface area contributed by atoms with Crippen LogP contribution in [0.5, 0.6) is 0 Å². The van der Waals surface area contributed by atoms with Crippen molar-refractivity contribution in [2.75, 3.05) is 0 Å². The molecule has 9 heteroatoms. The smallest absolute Gasteiger partial charge is 0.416 e. The maximum absolute atomic E-state index is 12.9. The van der Waals surface area contributed by atoms with Gasteiger partial charge in [-0.25, -0.2) is 4.79 Å². The first-order valence-electron chi connectivity index (χ1n) is 8.49. The quantitative estimate of drug-likeness (QED) is 0.628. The summed E-state index contributed by atoms with van der Waals surface area (Å²) < 4.78 is 38.7. The molecule has 1 aromatic rings. The normalized spacial score (nSPS) is 14.9. The number of carbonyl (C=O) groups is 2. The molecule has 0 heterocycles. The van der Waals surface area contributed by atoms with E-state index in [1.807, 2.05) is 27.7 Å². The highest BCUT2D eigenvalue weighted by atomic mass is 32.4. The van der Waals surface area contributed by atoms with Gasteiger partial charge in [-0.15, -0.1) is 0 Å². The second-order valence-electron chi connectivity index (χ2n) is 7.03. The van der Waals surface area contributed by atoms with E-state index in [1.54, 1.807) is 0 Å². The van der Waals surface area contributed by atoms with Gasteiger partial charge in [-0.1, -0.05) is 51.6 Å². The van der Waals surface area contributed by atoms with E-state index in [2.05, 4.69) is 5.32 Å². The van der Waals surface area contributed by atoms with Gasteiger partial charge in [0.05, 0.1) is 5.56 Å². The van der Waals surface area contributed by atoms with Gasteiger partial charge in [0, 0.05) is 12.6 Å². The SMILES string of the molecule is CC(=O)NC(C(=O)O)C(c1ccc(C(F)(F)F)cc1)P(=S)(C(C)C)C(C)C. The number of nitrogens with one attached hydrogen (secondary N) is 1. The van der Waals surface area contributed by atoms with Gasteiger partial charge >= 0.3 is 12.1 Å². The zero-order valence-corrected chi connectivity index (χ0v) is 17.6. The van der Waals surface area contributed by atoms with Crippen LogP contribution in [0.1, 0.15) is 51.4 Å². The minimum atomic E-state index is -4.49. The van der Waals surface area contributed by atoms with E-state index >= 15 is 0 Å².